The number of halogens is 2. The summed E-state index contributed by atoms with van der Waals surface area (Å²) in [5, 5.41) is 8.88. The van der Waals surface area contributed by atoms with E-state index in [-0.39, 0.29) is 24.5 Å². The highest BCUT2D eigenvalue weighted by Gasteiger charge is 2.30. The van der Waals surface area contributed by atoms with Gasteiger partial charge in [0, 0.05) is 26.0 Å². The Kier molecular flexibility index (Phi) is 5.54. The van der Waals surface area contributed by atoms with Gasteiger partial charge < -0.3 is 19.5 Å². The van der Waals surface area contributed by atoms with Gasteiger partial charge in [-0.3, -0.25) is 0 Å². The highest BCUT2D eigenvalue weighted by Crippen LogP contribution is 2.27. The zero-order valence-corrected chi connectivity index (χ0v) is 12.2. The van der Waals surface area contributed by atoms with Crippen molar-refractivity contribution in [3.63, 3.8) is 0 Å². The summed E-state index contributed by atoms with van der Waals surface area (Å²) < 4.78 is 33.8. The van der Waals surface area contributed by atoms with Gasteiger partial charge in [-0.15, -0.1) is 0 Å². The smallest absolute Gasteiger partial charge is 0.410 e. The summed E-state index contributed by atoms with van der Waals surface area (Å²) >= 11 is 0. The topological polar surface area (TPSA) is 59.0 Å². The number of aliphatic hydroxyl groups excluding tert-OH is 1. The average Bonchev–Trinajstić information content (AvgIpc) is 2.47. The average molecular weight is 315 g/mol. The maximum atomic E-state index is 12.1. The van der Waals surface area contributed by atoms with Crippen LogP contribution in [-0.4, -0.2) is 42.0 Å². The second-order valence-electron chi connectivity index (χ2n) is 5.12. The molecule has 1 saturated heterocycles. The van der Waals surface area contributed by atoms with Crippen LogP contribution in [0.15, 0.2) is 24.3 Å². The lowest BCUT2D eigenvalue weighted by molar-refractivity contribution is -0.0498. The summed E-state index contributed by atoms with van der Waals surface area (Å²) in [7, 11) is 0. The number of carbonyl (C=O) groups excluding carboxylic acids is 1. The van der Waals surface area contributed by atoms with Gasteiger partial charge in [0.2, 0.25) is 0 Å². The Morgan fingerprint density at radius 3 is 2.64 bits per heavy atom. The van der Waals surface area contributed by atoms with Crippen molar-refractivity contribution in [2.24, 2.45) is 0 Å². The van der Waals surface area contributed by atoms with E-state index in [0.29, 0.717) is 19.4 Å². The Morgan fingerprint density at radius 2 is 2.09 bits per heavy atom. The van der Waals surface area contributed by atoms with Crippen molar-refractivity contribution in [2.75, 3.05) is 13.2 Å². The van der Waals surface area contributed by atoms with Crippen LogP contribution in [0.3, 0.4) is 0 Å². The Balaban J connectivity index is 1.99. The molecule has 0 bridgehead atoms. The number of aliphatic hydroxyl groups is 1. The van der Waals surface area contributed by atoms with E-state index in [1.807, 2.05) is 6.92 Å². The number of rotatable bonds is 6. The van der Waals surface area contributed by atoms with Gasteiger partial charge in [0.05, 0.1) is 6.04 Å². The van der Waals surface area contributed by atoms with Crippen LogP contribution >= 0.6 is 0 Å². The van der Waals surface area contributed by atoms with Crippen molar-refractivity contribution < 1.29 is 28.2 Å². The van der Waals surface area contributed by atoms with Gasteiger partial charge in [0.1, 0.15) is 11.9 Å². The lowest BCUT2D eigenvalue weighted by Gasteiger charge is -2.35. The molecule has 1 heterocycles. The van der Waals surface area contributed by atoms with Gasteiger partial charge >= 0.3 is 12.7 Å². The number of nitrogens with zero attached hydrogens (tertiary/aromatic N) is 1. The van der Waals surface area contributed by atoms with Gasteiger partial charge in [0.25, 0.3) is 0 Å². The largest absolute Gasteiger partial charge is 0.446 e. The maximum absolute atomic E-state index is 12.1. The minimum Gasteiger partial charge on any atom is -0.446 e. The zero-order chi connectivity index (χ0) is 16.1. The minimum atomic E-state index is -2.86. The number of alkyl halides is 2. The third kappa shape index (κ3) is 4.07. The molecule has 2 unspecified atom stereocenters. The number of hydrogen-bond acceptors (Lipinski definition) is 4. The number of ether oxygens (including phenoxy) is 2. The first kappa shape index (κ1) is 16.5. The fourth-order valence-electron chi connectivity index (χ4n) is 2.45. The lowest BCUT2D eigenvalue weighted by Crippen LogP contribution is -2.43. The molecule has 0 aliphatic carbocycles. The van der Waals surface area contributed by atoms with Gasteiger partial charge in [-0.05, 0) is 24.6 Å². The summed E-state index contributed by atoms with van der Waals surface area (Å²) in [6.45, 7) is -0.501. The van der Waals surface area contributed by atoms with E-state index in [1.165, 1.54) is 12.1 Å². The van der Waals surface area contributed by atoms with Crippen LogP contribution in [0.25, 0.3) is 0 Å². The number of hydrogen-bond donors (Lipinski definition) is 1. The first-order valence-electron chi connectivity index (χ1n) is 7.14. The fraction of sp³-hybridized carbons (Fsp3) is 0.533. The highest BCUT2D eigenvalue weighted by atomic mass is 19.3. The quantitative estimate of drug-likeness (QED) is 0.877. The summed E-state index contributed by atoms with van der Waals surface area (Å²) in [4.78, 5) is 13.6. The standard InChI is InChI=1S/C15H19F2NO4/c1-10(11-2-4-12(5-3-11)21-14(16)17)18-8-6-13(7-9-19)22-15(18)20/h2-5,10,13-14,19H,6-9H2,1H3. The van der Waals surface area contributed by atoms with Crippen LogP contribution in [0.5, 0.6) is 5.75 Å². The molecule has 1 amide bonds. The van der Waals surface area contributed by atoms with Crippen molar-refractivity contribution in [2.45, 2.75) is 38.5 Å². The molecule has 1 aliphatic heterocycles. The van der Waals surface area contributed by atoms with Gasteiger partial charge in [-0.25, -0.2) is 4.79 Å². The van der Waals surface area contributed by atoms with E-state index >= 15 is 0 Å². The predicted molar refractivity (Wildman–Crippen MR) is 74.8 cm³/mol. The Morgan fingerprint density at radius 1 is 1.41 bits per heavy atom. The Hall–Kier alpha value is -1.89. The number of cyclic esters (lactones) is 1. The normalized spacial score (nSPS) is 20.0. The summed E-state index contributed by atoms with van der Waals surface area (Å²) in [5.41, 5.74) is 0.805. The second kappa shape index (κ2) is 7.40. The first-order chi connectivity index (χ1) is 10.5. The molecule has 0 spiro atoms. The van der Waals surface area contributed by atoms with Crippen LogP contribution in [0.4, 0.5) is 13.6 Å². The molecule has 5 nitrogen and oxygen atoms in total. The first-order valence-corrected chi connectivity index (χ1v) is 7.14. The number of carbonyl (C=O) groups is 1. The molecule has 2 atom stereocenters. The van der Waals surface area contributed by atoms with E-state index in [9.17, 15) is 13.6 Å². The monoisotopic (exact) mass is 315 g/mol. The third-order valence-corrected chi connectivity index (χ3v) is 3.70. The molecule has 22 heavy (non-hydrogen) atoms. The lowest BCUT2D eigenvalue weighted by atomic mass is 10.1. The molecule has 1 fully saturated rings. The van der Waals surface area contributed by atoms with Crippen molar-refractivity contribution in [3.05, 3.63) is 29.8 Å². The van der Waals surface area contributed by atoms with E-state index in [4.69, 9.17) is 9.84 Å². The van der Waals surface area contributed by atoms with Crippen LogP contribution in [0.2, 0.25) is 0 Å². The molecule has 1 aromatic rings. The molecule has 0 saturated carbocycles. The zero-order valence-electron chi connectivity index (χ0n) is 12.2. The van der Waals surface area contributed by atoms with Crippen LogP contribution < -0.4 is 4.74 Å². The highest BCUT2D eigenvalue weighted by molar-refractivity contribution is 5.69. The minimum absolute atomic E-state index is 0.0148. The maximum Gasteiger partial charge on any atom is 0.410 e. The summed E-state index contributed by atoms with van der Waals surface area (Å²) in [6.07, 6.45) is 0.421. The van der Waals surface area contributed by atoms with E-state index in [0.717, 1.165) is 5.56 Å². The van der Waals surface area contributed by atoms with E-state index in [2.05, 4.69) is 4.74 Å². The SMILES string of the molecule is CC(c1ccc(OC(F)F)cc1)N1CCC(CCO)OC1=O. The number of amides is 1. The van der Waals surface area contributed by atoms with Crippen molar-refractivity contribution in [3.8, 4) is 5.75 Å². The molecule has 1 aliphatic rings. The molecule has 7 heteroatoms. The Labute approximate surface area is 127 Å². The Bertz CT molecular complexity index is 495. The van der Waals surface area contributed by atoms with Crippen LogP contribution in [-0.2, 0) is 4.74 Å². The van der Waals surface area contributed by atoms with Gasteiger partial charge in [-0.2, -0.15) is 8.78 Å². The molecule has 1 aromatic carbocycles. The van der Waals surface area contributed by atoms with Crippen molar-refractivity contribution >= 4 is 6.09 Å². The third-order valence-electron chi connectivity index (χ3n) is 3.70. The molecule has 122 valence electrons. The predicted octanol–water partition coefficient (Wildman–Crippen LogP) is 2.94. The van der Waals surface area contributed by atoms with Gasteiger partial charge in [-0.1, -0.05) is 12.1 Å². The summed E-state index contributed by atoms with van der Waals surface area (Å²) in [6, 6.07) is 5.96. The molecule has 0 aromatic heterocycles. The van der Waals surface area contributed by atoms with Crippen molar-refractivity contribution in [1.29, 1.82) is 0 Å². The molecule has 1 N–H and O–H groups in total. The van der Waals surface area contributed by atoms with E-state index < -0.39 is 12.7 Å². The molecule has 2 rings (SSSR count). The van der Waals surface area contributed by atoms with Gasteiger partial charge in [0.15, 0.2) is 0 Å². The number of benzene rings is 1. The molecule has 0 radical (unpaired) electrons. The van der Waals surface area contributed by atoms with E-state index in [1.54, 1.807) is 17.0 Å². The van der Waals surface area contributed by atoms with Crippen molar-refractivity contribution in [1.82, 2.24) is 4.90 Å². The molecular weight excluding hydrogens is 296 g/mol. The summed E-state index contributed by atoms with van der Waals surface area (Å²) in [5.74, 6) is 0.0789. The fourth-order valence-corrected chi connectivity index (χ4v) is 2.45. The molecular formula is C15H19F2NO4. The van der Waals surface area contributed by atoms with Crippen LogP contribution in [0.1, 0.15) is 31.4 Å². The second-order valence-corrected chi connectivity index (χ2v) is 5.12. The van der Waals surface area contributed by atoms with Crippen LogP contribution in [0, 0.1) is 0 Å².